The maximum Gasteiger partial charge on any atom is 0.346 e. The van der Waals surface area contributed by atoms with Crippen molar-refractivity contribution >= 4 is 125 Å². The fourth-order valence-corrected chi connectivity index (χ4v) is 10.6. The molecule has 5 aromatic carbocycles. The van der Waals surface area contributed by atoms with Gasteiger partial charge < -0.3 is 13.5 Å². The first-order valence-electron chi connectivity index (χ1n) is 20.5. The Kier molecular flexibility index (Phi) is 19.2. The van der Waals surface area contributed by atoms with E-state index in [9.17, 15) is 60.4 Å². The number of fused-ring (bicyclic) bond motifs is 2. The largest absolute Gasteiger partial charge is 0.480 e. The minimum absolute atomic E-state index is 0.0149. The molecule has 1 atom stereocenters. The van der Waals surface area contributed by atoms with E-state index in [1.807, 2.05) is 6.07 Å². The van der Waals surface area contributed by atoms with Crippen LogP contribution in [-0.4, -0.2) is 83.2 Å². The molecule has 0 aliphatic carbocycles. The van der Waals surface area contributed by atoms with E-state index in [1.165, 1.54) is 78.5 Å². The number of aryl methyl sites for hydroxylation is 3. The molecule has 2 aromatic heterocycles. The lowest BCUT2D eigenvalue weighted by Gasteiger charge is -2.09. The second-order valence-corrected chi connectivity index (χ2v) is 22.5. The lowest BCUT2D eigenvalue weighted by atomic mass is 10.2. The molecule has 0 radical (unpaired) electrons. The van der Waals surface area contributed by atoms with Gasteiger partial charge in [-0.2, -0.15) is 22.1 Å². The zero-order valence-electron chi connectivity index (χ0n) is 38.4. The number of thioether (sulfide) groups is 1. The number of nitro groups is 3. The predicted octanol–water partition coefficient (Wildman–Crippen LogP) is 9.51. The summed E-state index contributed by atoms with van der Waals surface area (Å²) in [6.45, 7) is 4.86. The number of pyridine rings is 2. The number of aromatic nitrogens is 2. The molecule has 0 saturated heterocycles. The monoisotopic (exact) mass is 1160 g/mol. The Bertz CT molecular complexity index is 3850. The topological polar surface area (TPSA) is 350 Å². The Balaban J connectivity index is 0.000000216. The van der Waals surface area contributed by atoms with Gasteiger partial charge in [0.1, 0.15) is 28.3 Å². The Morgan fingerprint density at radius 2 is 1.08 bits per heavy atom. The van der Waals surface area contributed by atoms with Gasteiger partial charge in [-0.05, 0) is 110 Å². The number of carbonyl (C=O) groups is 1. The number of aliphatic imine (C=N–C) groups is 1. The van der Waals surface area contributed by atoms with Crippen LogP contribution in [0.3, 0.4) is 0 Å². The number of hydrogen-bond acceptors (Lipinski definition) is 20. The first-order valence-corrected chi connectivity index (χ1v) is 27.7. The van der Waals surface area contributed by atoms with Crippen LogP contribution in [0.2, 0.25) is 0 Å². The summed E-state index contributed by atoms with van der Waals surface area (Å²) >= 11 is 10.8. The van der Waals surface area contributed by atoms with E-state index in [0.29, 0.717) is 55.0 Å². The number of nitrogens with zero attached hydrogens (tertiary/aromatic N) is 7. The summed E-state index contributed by atoms with van der Waals surface area (Å²) in [7, 11) is -7.89. The molecule has 0 saturated carbocycles. The molecule has 30 heteroatoms. The van der Waals surface area contributed by atoms with Gasteiger partial charge in [0.05, 0.1) is 36.8 Å². The third-order valence-corrected chi connectivity index (χ3v) is 14.8. The average Bonchev–Trinajstić information content (AvgIpc) is 3.85. The fourth-order valence-electron chi connectivity index (χ4n) is 6.42. The van der Waals surface area contributed by atoms with Crippen LogP contribution in [0.4, 0.5) is 17.1 Å². The van der Waals surface area contributed by atoms with Crippen molar-refractivity contribution < 1.29 is 58.3 Å². The van der Waals surface area contributed by atoms with Gasteiger partial charge in [-0.25, -0.2) is 23.2 Å². The lowest BCUT2D eigenvalue weighted by molar-refractivity contribution is -0.388. The quantitative estimate of drug-likeness (QED) is 0.0391. The lowest BCUT2D eigenvalue weighted by Crippen LogP contribution is -2.17. The van der Waals surface area contributed by atoms with Gasteiger partial charge >= 0.3 is 26.2 Å². The van der Waals surface area contributed by atoms with E-state index in [0.717, 1.165) is 24.3 Å². The smallest absolute Gasteiger partial charge is 0.346 e. The molecule has 1 aliphatic heterocycles. The van der Waals surface area contributed by atoms with Crippen LogP contribution in [0, 0.1) is 62.4 Å². The minimum Gasteiger partial charge on any atom is -0.480 e. The normalized spacial score (nSPS) is 13.0. The highest BCUT2D eigenvalue weighted by Gasteiger charge is 2.30. The van der Waals surface area contributed by atoms with Crippen LogP contribution in [-0.2, 0) is 34.1 Å². The second kappa shape index (κ2) is 24.6. The fraction of sp³-hybridized carbons (Fsp3) is 0.133. The van der Waals surface area contributed by atoms with E-state index in [-0.39, 0.29) is 22.5 Å². The maximum atomic E-state index is 12.7. The number of alkyl halides is 2. The highest BCUT2D eigenvalue weighted by atomic mass is 35.7. The van der Waals surface area contributed by atoms with E-state index in [4.69, 9.17) is 52.6 Å². The molecule has 390 valence electrons. The first kappa shape index (κ1) is 58.3. The number of carboxylic acids is 1. The van der Waals surface area contributed by atoms with Crippen molar-refractivity contribution in [3.8, 4) is 17.6 Å². The zero-order valence-corrected chi connectivity index (χ0v) is 44.0. The Morgan fingerprint density at radius 1 is 0.667 bits per heavy atom. The number of benzene rings is 5. The van der Waals surface area contributed by atoms with Crippen molar-refractivity contribution in [3.63, 3.8) is 0 Å². The average molecular weight is 1160 g/mol. The summed E-state index contributed by atoms with van der Waals surface area (Å²) in [6, 6.07) is 27.5. The van der Waals surface area contributed by atoms with E-state index in [2.05, 4.69) is 15.0 Å². The van der Waals surface area contributed by atoms with Crippen LogP contribution < -0.4 is 8.37 Å². The summed E-state index contributed by atoms with van der Waals surface area (Å²) in [6.07, 6.45) is 0. The van der Waals surface area contributed by atoms with Crippen molar-refractivity contribution in [3.05, 3.63) is 174 Å². The number of nitro benzene ring substituents is 3. The molecule has 1 aliphatic rings. The second-order valence-electron chi connectivity index (χ2n) is 15.1. The molecule has 0 amide bonds. The van der Waals surface area contributed by atoms with Crippen LogP contribution in [0.1, 0.15) is 28.1 Å². The summed E-state index contributed by atoms with van der Waals surface area (Å²) in [5.74, 6) is -0.704. The number of aliphatic carboxylic acids is 1. The molecule has 3 heterocycles. The number of rotatable bonds is 12. The number of nitriles is 1. The number of halogens is 3. The SMILES string of the molecule is Cc1ccc(S(=O)(=O)Cl)c([N+](=O)[O-])c1.Cc1ccc(S(=O)(=O)Oc2ccc3nc(C#N)ccc3c2)c([N+](=O)[O-])c1.Cc1ccc(S(=O)(=O)Oc2ccc3nc(C4=N[C@@H](C(=O)O)CS4)ccc3c2)c([N+](=O)[O-])c1.ClCCl. The van der Waals surface area contributed by atoms with E-state index >= 15 is 0 Å². The molecule has 0 unspecified atom stereocenters. The number of hydrogen-bond donors (Lipinski definition) is 1. The maximum absolute atomic E-state index is 12.7. The van der Waals surface area contributed by atoms with Crippen molar-refractivity contribution in [1.82, 2.24) is 9.97 Å². The molecular formula is C45H34Cl3N7O16S4. The van der Waals surface area contributed by atoms with Crippen LogP contribution in [0.15, 0.2) is 135 Å². The standard InChI is InChI=1S/C20H15N3O7S2.C17H11N3O5S.C7H6ClNO4S.CH2Cl2/c1-11-2-7-18(17(8-11)23(26)27)32(28,29)30-13-4-6-14-12(9-13)3-5-15(21-14)19-22-16(10-31-19)20(24)25;1-11-2-7-17(16(8-11)20(21)22)26(23,24)25-14-5-6-15-12(9-14)3-4-13(10-18)19-15;1-5-2-3-7(14(8,12)13)6(4-5)9(10)11;2-1-3/h2-9,16H,10H2,1H3,(H,24,25);2-9H,1H3;2-4H,1H3;1H2/t16-;;;/m1.../s1. The third kappa shape index (κ3) is 15.3. The zero-order chi connectivity index (χ0) is 55.6. The summed E-state index contributed by atoms with van der Waals surface area (Å²) in [4.78, 5) is 52.9. The Labute approximate surface area is 444 Å². The molecule has 23 nitrogen and oxygen atoms in total. The summed E-state index contributed by atoms with van der Waals surface area (Å²) in [5, 5.41) is 52.7. The summed E-state index contributed by atoms with van der Waals surface area (Å²) < 4.78 is 82.4. The van der Waals surface area contributed by atoms with Gasteiger partial charge in [0, 0.05) is 45.4 Å². The molecule has 75 heavy (non-hydrogen) atoms. The van der Waals surface area contributed by atoms with Crippen molar-refractivity contribution in [2.75, 3.05) is 11.1 Å². The van der Waals surface area contributed by atoms with Crippen LogP contribution in [0.25, 0.3) is 21.8 Å². The minimum atomic E-state index is -4.45. The molecule has 0 fully saturated rings. The van der Waals surface area contributed by atoms with Crippen LogP contribution in [0.5, 0.6) is 11.5 Å². The van der Waals surface area contributed by atoms with Gasteiger partial charge in [-0.1, -0.05) is 24.3 Å². The molecule has 8 rings (SSSR count). The van der Waals surface area contributed by atoms with Crippen LogP contribution >= 0.6 is 45.6 Å². The van der Waals surface area contributed by atoms with Crippen molar-refractivity contribution in [2.24, 2.45) is 4.99 Å². The molecule has 7 aromatic rings. The summed E-state index contributed by atoms with van der Waals surface area (Å²) in [5.41, 5.74) is 1.85. The molecular weight excluding hydrogens is 1130 g/mol. The van der Waals surface area contributed by atoms with Gasteiger partial charge in [-0.15, -0.1) is 35.0 Å². The van der Waals surface area contributed by atoms with E-state index < -0.39 is 87.8 Å². The highest BCUT2D eigenvalue weighted by molar-refractivity contribution is 8.14. The van der Waals surface area contributed by atoms with Gasteiger partial charge in [0.25, 0.3) is 26.1 Å². The van der Waals surface area contributed by atoms with Crippen molar-refractivity contribution in [1.29, 1.82) is 5.26 Å². The number of carboxylic acid groups (broad SMARTS) is 1. The first-order chi connectivity index (χ1) is 35.2. The van der Waals surface area contributed by atoms with Crippen molar-refractivity contribution in [2.45, 2.75) is 41.5 Å². The highest BCUT2D eigenvalue weighted by Crippen LogP contribution is 2.32. The van der Waals surface area contributed by atoms with Gasteiger partial charge in [0.2, 0.25) is 0 Å². The molecule has 1 N–H and O–H groups in total. The predicted molar refractivity (Wildman–Crippen MR) is 277 cm³/mol. The molecule has 0 spiro atoms. The molecule has 0 bridgehead atoms. The van der Waals surface area contributed by atoms with Gasteiger partial charge in [-0.3, -0.25) is 35.3 Å². The third-order valence-electron chi connectivity index (χ3n) is 9.74. The van der Waals surface area contributed by atoms with Gasteiger partial charge in [0.15, 0.2) is 20.7 Å². The Hall–Kier alpha value is -7.58. The Morgan fingerprint density at radius 3 is 1.48 bits per heavy atom. The van der Waals surface area contributed by atoms with E-state index in [1.54, 1.807) is 45.0 Å².